The SMILES string of the molecule is CCn1c(O)cc(=O)c(C(=O)O)c1S. The normalized spacial score (nSPS) is 10.1. The van der Waals surface area contributed by atoms with Crippen LogP contribution in [0.3, 0.4) is 0 Å². The molecular formula is C8H9NO4S. The van der Waals surface area contributed by atoms with Gasteiger partial charge in [-0.3, -0.25) is 4.79 Å². The highest BCUT2D eigenvalue weighted by Gasteiger charge is 2.17. The van der Waals surface area contributed by atoms with Crippen LogP contribution in [-0.4, -0.2) is 20.7 Å². The third-order valence-corrected chi connectivity index (χ3v) is 2.26. The molecule has 0 amide bonds. The van der Waals surface area contributed by atoms with E-state index in [-0.39, 0.29) is 10.9 Å². The number of carbonyl (C=O) groups is 1. The number of thiol groups is 1. The minimum atomic E-state index is -1.35. The number of rotatable bonds is 2. The molecule has 0 saturated carbocycles. The van der Waals surface area contributed by atoms with Crippen molar-refractivity contribution in [3.63, 3.8) is 0 Å². The molecule has 1 rings (SSSR count). The van der Waals surface area contributed by atoms with Gasteiger partial charge in [-0.1, -0.05) is 0 Å². The first-order valence-electron chi connectivity index (χ1n) is 3.88. The van der Waals surface area contributed by atoms with Crippen LogP contribution >= 0.6 is 12.6 Å². The van der Waals surface area contributed by atoms with Crippen molar-refractivity contribution in [2.75, 3.05) is 0 Å². The lowest BCUT2D eigenvalue weighted by Crippen LogP contribution is -2.19. The first-order chi connectivity index (χ1) is 6.49. The summed E-state index contributed by atoms with van der Waals surface area (Å²) in [5.74, 6) is -1.63. The smallest absolute Gasteiger partial charge is 0.342 e. The van der Waals surface area contributed by atoms with Crippen molar-refractivity contribution in [3.05, 3.63) is 21.9 Å². The van der Waals surface area contributed by atoms with Crippen molar-refractivity contribution >= 4 is 18.6 Å². The van der Waals surface area contributed by atoms with Gasteiger partial charge in [0, 0.05) is 12.6 Å². The maximum absolute atomic E-state index is 11.2. The van der Waals surface area contributed by atoms with Crippen LogP contribution in [0.4, 0.5) is 0 Å². The van der Waals surface area contributed by atoms with Crippen molar-refractivity contribution in [3.8, 4) is 5.88 Å². The second kappa shape index (κ2) is 3.75. The van der Waals surface area contributed by atoms with Gasteiger partial charge in [-0.2, -0.15) is 0 Å². The average molecular weight is 215 g/mol. The van der Waals surface area contributed by atoms with E-state index in [0.717, 1.165) is 6.07 Å². The Morgan fingerprint density at radius 3 is 2.64 bits per heavy atom. The zero-order chi connectivity index (χ0) is 10.9. The molecule has 0 aliphatic rings. The summed E-state index contributed by atoms with van der Waals surface area (Å²) in [7, 11) is 0. The van der Waals surface area contributed by atoms with Gasteiger partial charge in [-0.15, -0.1) is 12.6 Å². The molecule has 5 nitrogen and oxygen atoms in total. The Labute approximate surface area is 85.0 Å². The van der Waals surface area contributed by atoms with E-state index in [0.29, 0.717) is 6.54 Å². The van der Waals surface area contributed by atoms with Gasteiger partial charge in [0.1, 0.15) is 5.56 Å². The van der Waals surface area contributed by atoms with E-state index in [1.54, 1.807) is 6.92 Å². The highest BCUT2D eigenvalue weighted by molar-refractivity contribution is 7.80. The van der Waals surface area contributed by atoms with Crippen molar-refractivity contribution < 1.29 is 15.0 Å². The molecule has 1 aromatic heterocycles. The van der Waals surface area contributed by atoms with Gasteiger partial charge >= 0.3 is 5.97 Å². The third kappa shape index (κ3) is 1.60. The van der Waals surface area contributed by atoms with E-state index in [1.165, 1.54) is 4.57 Å². The van der Waals surface area contributed by atoms with Crippen molar-refractivity contribution in [2.24, 2.45) is 0 Å². The van der Waals surface area contributed by atoms with E-state index in [9.17, 15) is 14.7 Å². The minimum Gasteiger partial charge on any atom is -0.494 e. The summed E-state index contributed by atoms with van der Waals surface area (Å²) in [4.78, 5) is 21.8. The van der Waals surface area contributed by atoms with Gasteiger partial charge < -0.3 is 14.8 Å². The minimum absolute atomic E-state index is 0.0370. The molecule has 0 unspecified atom stereocenters. The molecule has 0 spiro atoms. The summed E-state index contributed by atoms with van der Waals surface area (Å²) in [6.07, 6.45) is 0. The zero-order valence-electron chi connectivity index (χ0n) is 7.39. The standard InChI is InChI=1S/C8H9NO4S/c1-2-9-5(11)3-4(10)6(7(9)14)8(12)13/h3,11,14H,2H2,1H3,(H,12,13). The molecule has 0 fully saturated rings. The molecule has 0 bridgehead atoms. The molecule has 0 aliphatic heterocycles. The zero-order valence-corrected chi connectivity index (χ0v) is 8.28. The monoisotopic (exact) mass is 215 g/mol. The van der Waals surface area contributed by atoms with E-state index >= 15 is 0 Å². The maximum atomic E-state index is 11.2. The molecule has 1 aromatic rings. The van der Waals surface area contributed by atoms with Crippen LogP contribution in [-0.2, 0) is 6.54 Å². The first-order valence-corrected chi connectivity index (χ1v) is 4.32. The Hall–Kier alpha value is -1.43. The lowest BCUT2D eigenvalue weighted by atomic mass is 10.2. The summed E-state index contributed by atoms with van der Waals surface area (Å²) in [6, 6.07) is 0.868. The summed E-state index contributed by atoms with van der Waals surface area (Å²) < 4.78 is 1.23. The predicted octanol–water partition coefficient (Wildman–Crippen LogP) is 0.561. The molecular weight excluding hydrogens is 206 g/mol. The predicted molar refractivity (Wildman–Crippen MR) is 52.3 cm³/mol. The summed E-state index contributed by atoms with van der Waals surface area (Å²) >= 11 is 3.89. The van der Waals surface area contributed by atoms with Gasteiger partial charge in [0.2, 0.25) is 5.43 Å². The van der Waals surface area contributed by atoms with E-state index in [2.05, 4.69) is 12.6 Å². The summed E-state index contributed by atoms with van der Waals surface area (Å²) in [5, 5.41) is 18.0. The van der Waals surface area contributed by atoms with Crippen molar-refractivity contribution in [2.45, 2.75) is 18.5 Å². The summed E-state index contributed by atoms with van der Waals surface area (Å²) in [6.45, 7) is 2.04. The molecule has 14 heavy (non-hydrogen) atoms. The Kier molecular flexibility index (Phi) is 2.85. The maximum Gasteiger partial charge on any atom is 0.342 e. The third-order valence-electron chi connectivity index (χ3n) is 1.79. The lowest BCUT2D eigenvalue weighted by Gasteiger charge is -2.10. The van der Waals surface area contributed by atoms with Crippen LogP contribution in [0.15, 0.2) is 15.9 Å². The number of carboxylic acid groups (broad SMARTS) is 1. The van der Waals surface area contributed by atoms with Gasteiger partial charge in [0.05, 0.1) is 5.03 Å². The molecule has 0 aliphatic carbocycles. The molecule has 0 radical (unpaired) electrons. The summed E-state index contributed by atoms with van der Waals surface area (Å²) in [5.41, 5.74) is -1.17. The van der Waals surface area contributed by atoms with E-state index < -0.39 is 17.0 Å². The van der Waals surface area contributed by atoms with Gasteiger partial charge in [0.15, 0.2) is 5.88 Å². The Bertz CT molecular complexity index is 438. The average Bonchev–Trinajstić information content (AvgIpc) is 2.02. The number of aromatic carboxylic acids is 1. The fraction of sp³-hybridized carbons (Fsp3) is 0.250. The molecule has 6 heteroatoms. The van der Waals surface area contributed by atoms with Crippen LogP contribution in [0.1, 0.15) is 17.3 Å². The quantitative estimate of drug-likeness (QED) is 0.630. The second-order valence-corrected chi connectivity index (χ2v) is 3.04. The molecule has 0 saturated heterocycles. The van der Waals surface area contributed by atoms with Crippen molar-refractivity contribution in [1.29, 1.82) is 0 Å². The van der Waals surface area contributed by atoms with Gasteiger partial charge in [-0.05, 0) is 6.92 Å². The molecule has 76 valence electrons. The van der Waals surface area contributed by atoms with E-state index in [4.69, 9.17) is 5.11 Å². The van der Waals surface area contributed by atoms with Gasteiger partial charge in [-0.25, -0.2) is 4.79 Å². The lowest BCUT2D eigenvalue weighted by molar-refractivity contribution is 0.0689. The highest BCUT2D eigenvalue weighted by atomic mass is 32.1. The molecule has 1 heterocycles. The van der Waals surface area contributed by atoms with E-state index in [1.807, 2.05) is 0 Å². The van der Waals surface area contributed by atoms with Gasteiger partial charge in [0.25, 0.3) is 0 Å². The number of hydrogen-bond donors (Lipinski definition) is 3. The number of nitrogens with zero attached hydrogens (tertiary/aromatic N) is 1. The van der Waals surface area contributed by atoms with Crippen LogP contribution in [0.5, 0.6) is 5.88 Å². The number of carboxylic acids is 1. The topological polar surface area (TPSA) is 79.5 Å². The molecule has 0 atom stereocenters. The fourth-order valence-corrected chi connectivity index (χ4v) is 1.58. The van der Waals surface area contributed by atoms with Crippen LogP contribution in [0, 0.1) is 0 Å². The Morgan fingerprint density at radius 1 is 1.64 bits per heavy atom. The van der Waals surface area contributed by atoms with Crippen molar-refractivity contribution in [1.82, 2.24) is 4.57 Å². The highest BCUT2D eigenvalue weighted by Crippen LogP contribution is 2.17. The molecule has 0 aromatic carbocycles. The Morgan fingerprint density at radius 2 is 2.21 bits per heavy atom. The number of pyridine rings is 1. The largest absolute Gasteiger partial charge is 0.494 e. The second-order valence-electron chi connectivity index (χ2n) is 2.61. The Balaban J connectivity index is 3.60. The number of hydrogen-bond acceptors (Lipinski definition) is 4. The van der Waals surface area contributed by atoms with Crippen LogP contribution in [0.25, 0.3) is 0 Å². The molecule has 2 N–H and O–H groups in total. The number of aromatic nitrogens is 1. The number of aromatic hydroxyl groups is 1. The van der Waals surface area contributed by atoms with Crippen LogP contribution < -0.4 is 5.43 Å². The first kappa shape index (κ1) is 10.6. The fourth-order valence-electron chi connectivity index (χ4n) is 1.13. The van der Waals surface area contributed by atoms with Crippen LogP contribution in [0.2, 0.25) is 0 Å².